The summed E-state index contributed by atoms with van der Waals surface area (Å²) >= 11 is 0. The van der Waals surface area contributed by atoms with Crippen molar-refractivity contribution in [2.75, 3.05) is 13.2 Å². The van der Waals surface area contributed by atoms with Gasteiger partial charge in [0.05, 0.1) is 0 Å². The van der Waals surface area contributed by atoms with E-state index < -0.39 is 20.2 Å². The largest absolute Gasteiger partial charge is 0.508 e. The molecule has 2 aromatic rings. The summed E-state index contributed by atoms with van der Waals surface area (Å²) in [6, 6.07) is 7.54. The average molecular weight is 453 g/mol. The van der Waals surface area contributed by atoms with E-state index in [1.165, 1.54) is 38.1 Å². The molecule has 0 unspecified atom stereocenters. The van der Waals surface area contributed by atoms with Crippen LogP contribution in [-0.4, -0.2) is 59.6 Å². The van der Waals surface area contributed by atoms with Crippen molar-refractivity contribution in [3.05, 3.63) is 47.5 Å². The van der Waals surface area contributed by atoms with E-state index in [9.17, 15) is 16.8 Å². The fraction of sp³-hybridized carbons (Fsp3) is 0.294. The minimum absolute atomic E-state index is 0.0938. The van der Waals surface area contributed by atoms with Crippen LogP contribution in [-0.2, 0) is 20.2 Å². The van der Waals surface area contributed by atoms with Gasteiger partial charge in [0.15, 0.2) is 0 Å². The first-order valence-corrected chi connectivity index (χ1v) is 10.9. The highest BCUT2D eigenvalue weighted by Crippen LogP contribution is 2.20. The van der Waals surface area contributed by atoms with Gasteiger partial charge in [-0.3, -0.25) is 9.11 Å². The normalized spacial score (nSPS) is 11.0. The van der Waals surface area contributed by atoms with Crippen LogP contribution in [0.1, 0.15) is 17.5 Å². The number of aliphatic hydroxyl groups excluding tert-OH is 2. The maximum atomic E-state index is 10.7. The van der Waals surface area contributed by atoms with E-state index in [0.29, 0.717) is 17.5 Å². The molecule has 0 amide bonds. The molecular formula is C17H24O10S2. The number of hydrogen-bond donors (Lipinski definition) is 6. The third-order valence-electron chi connectivity index (χ3n) is 3.22. The predicted molar refractivity (Wildman–Crippen MR) is 104 cm³/mol. The molecule has 0 atom stereocenters. The van der Waals surface area contributed by atoms with Gasteiger partial charge < -0.3 is 20.4 Å². The summed E-state index contributed by atoms with van der Waals surface area (Å²) < 4.78 is 59.9. The number of aliphatic hydroxyl groups is 2. The molecule has 0 aliphatic carbocycles. The minimum Gasteiger partial charge on any atom is -0.508 e. The van der Waals surface area contributed by atoms with Crippen LogP contribution in [0.5, 0.6) is 11.5 Å². The summed E-state index contributed by atoms with van der Waals surface area (Å²) in [7, 11) is -8.43. The second kappa shape index (κ2) is 11.7. The van der Waals surface area contributed by atoms with Crippen LogP contribution in [0.2, 0.25) is 0 Å². The highest BCUT2D eigenvalue weighted by molar-refractivity contribution is 7.86. The number of hydrogen-bond acceptors (Lipinski definition) is 8. The molecule has 0 spiro atoms. The van der Waals surface area contributed by atoms with E-state index in [0.717, 1.165) is 12.1 Å². The fourth-order valence-corrected chi connectivity index (χ4v) is 3.29. The van der Waals surface area contributed by atoms with Gasteiger partial charge in [-0.15, -0.1) is 0 Å². The lowest BCUT2D eigenvalue weighted by Crippen LogP contribution is -2.00. The van der Waals surface area contributed by atoms with Crippen molar-refractivity contribution in [2.45, 2.75) is 30.1 Å². The minimum atomic E-state index is -4.22. The van der Waals surface area contributed by atoms with Crippen molar-refractivity contribution in [1.82, 2.24) is 0 Å². The maximum absolute atomic E-state index is 10.7. The van der Waals surface area contributed by atoms with Gasteiger partial charge in [-0.05, 0) is 43.5 Å². The van der Waals surface area contributed by atoms with Gasteiger partial charge in [-0.25, -0.2) is 0 Å². The van der Waals surface area contributed by atoms with E-state index in [4.69, 9.17) is 29.5 Å². The molecule has 10 nitrogen and oxygen atoms in total. The van der Waals surface area contributed by atoms with Crippen LogP contribution in [0.3, 0.4) is 0 Å². The van der Waals surface area contributed by atoms with Gasteiger partial charge in [0.25, 0.3) is 20.2 Å². The van der Waals surface area contributed by atoms with Gasteiger partial charge in [0.2, 0.25) is 0 Å². The van der Waals surface area contributed by atoms with Crippen LogP contribution in [0.25, 0.3) is 0 Å². The number of phenolic OH excluding ortho intramolecular Hbond substituents is 2. The van der Waals surface area contributed by atoms with Crippen molar-refractivity contribution in [1.29, 1.82) is 0 Å². The maximum Gasteiger partial charge on any atom is 0.294 e. The van der Waals surface area contributed by atoms with Crippen LogP contribution >= 0.6 is 0 Å². The first kappa shape index (κ1) is 26.8. The van der Waals surface area contributed by atoms with Gasteiger partial charge in [0.1, 0.15) is 21.3 Å². The van der Waals surface area contributed by atoms with Crippen molar-refractivity contribution >= 4 is 20.2 Å². The number of aromatic hydroxyl groups is 2. The predicted octanol–water partition coefficient (Wildman–Crippen LogP) is 1.26. The highest BCUT2D eigenvalue weighted by atomic mass is 32.2. The Kier molecular flexibility index (Phi) is 10.8. The Bertz CT molecular complexity index is 917. The summed E-state index contributed by atoms with van der Waals surface area (Å²) in [5.74, 6) is -0.374. The summed E-state index contributed by atoms with van der Waals surface area (Å²) in [5, 5.41) is 33.7. The number of benzene rings is 2. The zero-order valence-electron chi connectivity index (χ0n) is 15.7. The first-order valence-electron chi connectivity index (χ1n) is 8.00. The Morgan fingerprint density at radius 2 is 1.00 bits per heavy atom. The topological polar surface area (TPSA) is 190 Å². The van der Waals surface area contributed by atoms with Gasteiger partial charge in [-0.1, -0.05) is 12.1 Å². The van der Waals surface area contributed by atoms with Crippen molar-refractivity contribution in [3.8, 4) is 11.5 Å². The molecule has 0 aliphatic rings. The highest BCUT2D eigenvalue weighted by Gasteiger charge is 2.13. The Hall–Kier alpha value is -2.22. The molecule has 0 heterocycles. The molecule has 0 saturated heterocycles. The lowest BCUT2D eigenvalue weighted by Gasteiger charge is -2.01. The van der Waals surface area contributed by atoms with E-state index in [1.807, 2.05) is 0 Å². The van der Waals surface area contributed by atoms with Gasteiger partial charge in [0, 0.05) is 25.3 Å². The van der Waals surface area contributed by atoms with E-state index in [1.54, 1.807) is 0 Å². The summed E-state index contributed by atoms with van der Waals surface area (Å²) in [6.07, 6.45) is 0.500. The van der Waals surface area contributed by atoms with E-state index >= 15 is 0 Å². The first-order chi connectivity index (χ1) is 13.2. The fourth-order valence-electron chi connectivity index (χ4n) is 1.80. The molecule has 2 aromatic carbocycles. The molecular weight excluding hydrogens is 428 g/mol. The second-order valence-corrected chi connectivity index (χ2v) is 8.43. The lowest BCUT2D eigenvalue weighted by molar-refractivity contribution is 0.221. The second-order valence-electron chi connectivity index (χ2n) is 5.65. The third kappa shape index (κ3) is 10.2. The molecule has 29 heavy (non-hydrogen) atoms. The molecule has 12 heteroatoms. The van der Waals surface area contributed by atoms with Crippen LogP contribution in [0.15, 0.2) is 46.2 Å². The third-order valence-corrected chi connectivity index (χ3v) is 5.21. The average Bonchev–Trinajstić information content (AvgIpc) is 2.59. The summed E-state index contributed by atoms with van der Waals surface area (Å²) in [6.45, 7) is 3.25. The zero-order valence-corrected chi connectivity index (χ0v) is 17.4. The van der Waals surface area contributed by atoms with Crippen molar-refractivity contribution in [2.24, 2.45) is 0 Å². The standard InChI is InChI=1S/2C7H8O4S.C3H8O2/c2*1-5-2-3-6(8)4-7(5)12(9,10)11;4-2-1-3-5/h2*2-4,8H,1H3,(H,9,10,11);4-5H,1-3H2. The van der Waals surface area contributed by atoms with E-state index in [2.05, 4.69) is 0 Å². The molecule has 0 aliphatic heterocycles. The molecule has 0 aromatic heterocycles. The Morgan fingerprint density at radius 3 is 1.17 bits per heavy atom. The van der Waals surface area contributed by atoms with Crippen LogP contribution in [0.4, 0.5) is 0 Å². The number of aryl methyl sites for hydroxylation is 2. The smallest absolute Gasteiger partial charge is 0.294 e. The molecule has 2 rings (SSSR count). The number of phenols is 2. The lowest BCUT2D eigenvalue weighted by atomic mass is 10.2. The van der Waals surface area contributed by atoms with Crippen molar-refractivity contribution < 1.29 is 46.4 Å². The van der Waals surface area contributed by atoms with Gasteiger partial charge in [-0.2, -0.15) is 16.8 Å². The quantitative estimate of drug-likeness (QED) is 0.368. The van der Waals surface area contributed by atoms with Crippen molar-refractivity contribution in [3.63, 3.8) is 0 Å². The molecule has 164 valence electrons. The molecule has 0 fully saturated rings. The summed E-state index contributed by atoms with van der Waals surface area (Å²) in [4.78, 5) is -0.523. The number of rotatable bonds is 4. The van der Waals surface area contributed by atoms with E-state index in [-0.39, 0.29) is 34.5 Å². The SMILES string of the molecule is Cc1ccc(O)cc1S(=O)(=O)O.Cc1ccc(O)cc1S(=O)(=O)O.OCCCO. The van der Waals surface area contributed by atoms with Crippen LogP contribution in [0, 0.1) is 13.8 Å². The Labute approximate surface area is 169 Å². The zero-order chi connectivity index (χ0) is 22.8. The Balaban J connectivity index is 0.000000442. The molecule has 0 radical (unpaired) electrons. The molecule has 0 saturated carbocycles. The van der Waals surface area contributed by atoms with Gasteiger partial charge >= 0.3 is 0 Å². The molecule has 0 bridgehead atoms. The Morgan fingerprint density at radius 1 is 0.690 bits per heavy atom. The summed E-state index contributed by atoms with van der Waals surface area (Å²) in [5.41, 5.74) is 0.797. The molecule has 6 N–H and O–H groups in total. The monoisotopic (exact) mass is 452 g/mol. The van der Waals surface area contributed by atoms with Crippen LogP contribution < -0.4 is 0 Å².